The number of aliphatic hydroxyl groups is 1. The van der Waals surface area contributed by atoms with E-state index in [-0.39, 0.29) is 6.10 Å². The Labute approximate surface area is 159 Å². The van der Waals surface area contributed by atoms with Gasteiger partial charge in [-0.25, -0.2) is 0 Å². The van der Waals surface area contributed by atoms with Crippen LogP contribution in [0.1, 0.15) is 57.8 Å². The molecule has 0 aromatic heterocycles. The number of rotatable bonds is 1. The summed E-state index contributed by atoms with van der Waals surface area (Å²) in [5, 5.41) is 13.0. The first-order valence-corrected chi connectivity index (χ1v) is 11.1. The molecular formula is C21H40N2O3. The first kappa shape index (κ1) is 20.5. The average molecular weight is 369 g/mol. The summed E-state index contributed by atoms with van der Waals surface area (Å²) in [7, 11) is 0. The molecule has 152 valence electrons. The maximum Gasteiger partial charge on any atom is 0.0695 e. The quantitative estimate of drug-likeness (QED) is 0.744. The van der Waals surface area contributed by atoms with Crippen LogP contribution in [0.2, 0.25) is 0 Å². The lowest BCUT2D eigenvalue weighted by atomic mass is 9.91. The first-order valence-electron chi connectivity index (χ1n) is 11.1. The molecule has 5 heteroatoms. The Bertz CT molecular complexity index is 351. The van der Waals surface area contributed by atoms with Crippen LogP contribution >= 0.6 is 0 Å². The molecule has 4 atom stereocenters. The van der Waals surface area contributed by atoms with E-state index in [1.807, 2.05) is 0 Å². The molecule has 0 amide bonds. The number of hydrogen-bond acceptors (Lipinski definition) is 5. The van der Waals surface area contributed by atoms with Gasteiger partial charge in [-0.15, -0.1) is 0 Å². The molecule has 0 bridgehead atoms. The van der Waals surface area contributed by atoms with Crippen LogP contribution in [0.3, 0.4) is 0 Å². The summed E-state index contributed by atoms with van der Waals surface area (Å²) in [6.45, 7) is 7.51. The monoisotopic (exact) mass is 368 g/mol. The zero-order chi connectivity index (χ0) is 18.0. The third-order valence-electron chi connectivity index (χ3n) is 6.52. The molecule has 5 fully saturated rings. The summed E-state index contributed by atoms with van der Waals surface area (Å²) in [5.74, 6) is 2.41. The van der Waals surface area contributed by atoms with Crippen molar-refractivity contribution in [1.29, 1.82) is 0 Å². The molecule has 5 nitrogen and oxygen atoms in total. The highest BCUT2D eigenvalue weighted by Gasteiger charge is 2.37. The molecule has 0 radical (unpaired) electrons. The van der Waals surface area contributed by atoms with Crippen LogP contribution in [-0.2, 0) is 9.47 Å². The fraction of sp³-hybridized carbons (Fsp3) is 1.00. The van der Waals surface area contributed by atoms with Crippen LogP contribution in [0, 0.1) is 11.8 Å². The summed E-state index contributed by atoms with van der Waals surface area (Å²) in [6.07, 6.45) is 12.3. The Balaban J connectivity index is 0.000000126. The highest BCUT2D eigenvalue weighted by Crippen LogP contribution is 2.49. The van der Waals surface area contributed by atoms with Gasteiger partial charge in [-0.1, -0.05) is 38.5 Å². The second-order valence-electron chi connectivity index (χ2n) is 8.47. The summed E-state index contributed by atoms with van der Waals surface area (Å²) in [4.78, 5) is 2.40. The molecule has 3 aliphatic carbocycles. The molecule has 26 heavy (non-hydrogen) atoms. The smallest absolute Gasteiger partial charge is 0.0695 e. The highest BCUT2D eigenvalue weighted by molar-refractivity contribution is 4.88. The summed E-state index contributed by atoms with van der Waals surface area (Å²) in [5.41, 5.74) is 0. The van der Waals surface area contributed by atoms with Gasteiger partial charge in [0, 0.05) is 32.2 Å². The minimum absolute atomic E-state index is 0.0909. The van der Waals surface area contributed by atoms with Gasteiger partial charge in [-0.3, -0.25) is 4.90 Å². The Morgan fingerprint density at radius 2 is 1.31 bits per heavy atom. The first-order chi connectivity index (χ1) is 12.8. The van der Waals surface area contributed by atoms with Crippen molar-refractivity contribution in [3.63, 3.8) is 0 Å². The van der Waals surface area contributed by atoms with E-state index in [4.69, 9.17) is 9.47 Å². The molecule has 2 aliphatic heterocycles. The molecule has 5 aliphatic rings. The molecule has 0 aromatic rings. The van der Waals surface area contributed by atoms with E-state index in [0.29, 0.717) is 6.04 Å². The van der Waals surface area contributed by atoms with Gasteiger partial charge >= 0.3 is 0 Å². The second-order valence-corrected chi connectivity index (χ2v) is 8.47. The van der Waals surface area contributed by atoms with Crippen LogP contribution < -0.4 is 5.32 Å². The molecular weight excluding hydrogens is 328 g/mol. The van der Waals surface area contributed by atoms with E-state index in [0.717, 1.165) is 59.0 Å². The molecule has 2 saturated heterocycles. The molecule has 0 spiro atoms. The minimum Gasteiger partial charge on any atom is -0.391 e. The minimum atomic E-state index is -0.0909. The zero-order valence-corrected chi connectivity index (χ0v) is 16.5. The Hall–Kier alpha value is -0.200. The predicted molar refractivity (Wildman–Crippen MR) is 104 cm³/mol. The Morgan fingerprint density at radius 1 is 0.731 bits per heavy atom. The van der Waals surface area contributed by atoms with E-state index < -0.39 is 0 Å². The highest BCUT2D eigenvalue weighted by atomic mass is 16.5. The van der Waals surface area contributed by atoms with Crippen LogP contribution in [0.5, 0.6) is 0 Å². The number of ether oxygens (including phenoxy) is 2. The van der Waals surface area contributed by atoms with Gasteiger partial charge in [-0.05, 0) is 31.1 Å². The SMILES string of the molecule is C1CCC2CC2C1.C1COCCN1.OC1CCCCC1N1CCOCC1. The van der Waals surface area contributed by atoms with E-state index in [1.54, 1.807) is 19.3 Å². The molecule has 5 rings (SSSR count). The summed E-state index contributed by atoms with van der Waals surface area (Å²) in [6, 6.07) is 0.414. The Kier molecular flexibility index (Phi) is 9.16. The largest absolute Gasteiger partial charge is 0.391 e. The van der Waals surface area contributed by atoms with Gasteiger partial charge in [0.15, 0.2) is 0 Å². The lowest BCUT2D eigenvalue weighted by Crippen LogP contribution is -2.50. The number of aliphatic hydroxyl groups excluding tert-OH is 1. The van der Waals surface area contributed by atoms with E-state index in [9.17, 15) is 5.11 Å². The third-order valence-corrected chi connectivity index (χ3v) is 6.52. The zero-order valence-electron chi connectivity index (χ0n) is 16.5. The Morgan fingerprint density at radius 3 is 1.81 bits per heavy atom. The normalized spacial score (nSPS) is 37.3. The predicted octanol–water partition coefficient (Wildman–Crippen LogP) is 2.42. The van der Waals surface area contributed by atoms with Crippen LogP contribution in [0.25, 0.3) is 0 Å². The van der Waals surface area contributed by atoms with Crippen LogP contribution in [0.4, 0.5) is 0 Å². The maximum atomic E-state index is 9.84. The van der Waals surface area contributed by atoms with Gasteiger partial charge in [0.25, 0.3) is 0 Å². The third kappa shape index (κ3) is 7.08. The number of nitrogens with zero attached hydrogens (tertiary/aromatic N) is 1. The lowest BCUT2D eigenvalue weighted by Gasteiger charge is -2.39. The number of morpholine rings is 2. The molecule has 3 saturated carbocycles. The van der Waals surface area contributed by atoms with Crippen molar-refractivity contribution in [2.75, 3.05) is 52.6 Å². The standard InChI is InChI=1S/C10H19NO2.C7H12.C4H9NO/c12-10-4-2-1-3-9(10)11-5-7-13-8-6-11;1-2-4-7-5-6(7)3-1;1-3-6-4-2-5-1/h9-10,12H,1-8H2;6-7H,1-5H2;5H,1-4H2. The number of nitrogens with one attached hydrogen (secondary N) is 1. The summed E-state index contributed by atoms with van der Waals surface area (Å²) >= 11 is 0. The average Bonchev–Trinajstić information content (AvgIpc) is 3.51. The summed E-state index contributed by atoms with van der Waals surface area (Å²) < 4.78 is 10.3. The molecule has 2 N–H and O–H groups in total. The van der Waals surface area contributed by atoms with Crippen LogP contribution in [0.15, 0.2) is 0 Å². The van der Waals surface area contributed by atoms with Crippen molar-refractivity contribution in [2.24, 2.45) is 11.8 Å². The topological polar surface area (TPSA) is 54.0 Å². The van der Waals surface area contributed by atoms with Crippen molar-refractivity contribution >= 4 is 0 Å². The van der Waals surface area contributed by atoms with Gasteiger partial charge in [-0.2, -0.15) is 0 Å². The van der Waals surface area contributed by atoms with Crippen molar-refractivity contribution in [3.05, 3.63) is 0 Å². The fourth-order valence-corrected chi connectivity index (χ4v) is 4.77. The molecule has 2 heterocycles. The van der Waals surface area contributed by atoms with Gasteiger partial charge in [0.2, 0.25) is 0 Å². The number of hydrogen-bond donors (Lipinski definition) is 2. The van der Waals surface area contributed by atoms with E-state index in [2.05, 4.69) is 10.2 Å². The molecule has 4 unspecified atom stereocenters. The lowest BCUT2D eigenvalue weighted by molar-refractivity contribution is -0.0357. The van der Waals surface area contributed by atoms with Crippen molar-refractivity contribution in [1.82, 2.24) is 10.2 Å². The van der Waals surface area contributed by atoms with Crippen molar-refractivity contribution < 1.29 is 14.6 Å². The van der Waals surface area contributed by atoms with Crippen molar-refractivity contribution in [3.8, 4) is 0 Å². The number of fused-ring (bicyclic) bond motifs is 1. The van der Waals surface area contributed by atoms with Gasteiger partial charge in [0.1, 0.15) is 0 Å². The van der Waals surface area contributed by atoms with E-state index >= 15 is 0 Å². The second kappa shape index (κ2) is 11.6. The molecule has 0 aromatic carbocycles. The maximum absolute atomic E-state index is 9.84. The van der Waals surface area contributed by atoms with Gasteiger partial charge in [0.05, 0.1) is 32.5 Å². The van der Waals surface area contributed by atoms with E-state index in [1.165, 1.54) is 43.9 Å². The fourth-order valence-electron chi connectivity index (χ4n) is 4.77. The van der Waals surface area contributed by atoms with Gasteiger partial charge < -0.3 is 19.9 Å². The van der Waals surface area contributed by atoms with Crippen LogP contribution in [-0.4, -0.2) is 74.8 Å². The van der Waals surface area contributed by atoms with Crippen molar-refractivity contribution in [2.45, 2.75) is 69.9 Å².